The minimum atomic E-state index is 0.435. The maximum absolute atomic E-state index is 5.70. The summed E-state index contributed by atoms with van der Waals surface area (Å²) < 4.78 is 5.70. The van der Waals surface area contributed by atoms with E-state index in [4.69, 9.17) is 4.74 Å². The fraction of sp³-hybridized carbons (Fsp3) is 0.412. The van der Waals surface area contributed by atoms with Gasteiger partial charge < -0.3 is 10.1 Å². The predicted molar refractivity (Wildman–Crippen MR) is 84.5 cm³/mol. The highest BCUT2D eigenvalue weighted by atomic mass is 16.5. The van der Waals surface area contributed by atoms with Gasteiger partial charge in [-0.05, 0) is 30.2 Å². The zero-order valence-electron chi connectivity index (χ0n) is 13.0. The van der Waals surface area contributed by atoms with Gasteiger partial charge in [0.1, 0.15) is 5.75 Å². The summed E-state index contributed by atoms with van der Waals surface area (Å²) >= 11 is 0. The average molecular weight is 285 g/mol. The first-order valence-corrected chi connectivity index (χ1v) is 7.50. The van der Waals surface area contributed by atoms with Crippen molar-refractivity contribution in [2.75, 3.05) is 0 Å². The van der Waals surface area contributed by atoms with Crippen LogP contribution in [-0.4, -0.2) is 16.2 Å². The Labute approximate surface area is 126 Å². The average Bonchev–Trinajstić information content (AvgIpc) is 2.49. The third kappa shape index (κ3) is 5.16. The van der Waals surface area contributed by atoms with Gasteiger partial charge in [0.05, 0.1) is 5.69 Å². The van der Waals surface area contributed by atoms with E-state index >= 15 is 0 Å². The fourth-order valence-corrected chi connectivity index (χ4v) is 1.94. The molecule has 0 aliphatic rings. The van der Waals surface area contributed by atoms with Crippen molar-refractivity contribution in [2.24, 2.45) is 0 Å². The Kier molecular flexibility index (Phi) is 5.69. The highest BCUT2D eigenvalue weighted by Crippen LogP contribution is 2.19. The van der Waals surface area contributed by atoms with Gasteiger partial charge in [-0.25, -0.2) is 0 Å². The summed E-state index contributed by atoms with van der Waals surface area (Å²) in [4.78, 5) is 0. The molecule has 0 spiro atoms. The summed E-state index contributed by atoms with van der Waals surface area (Å²) in [6.07, 6.45) is 2.25. The van der Waals surface area contributed by atoms with E-state index in [0.717, 1.165) is 30.8 Å². The largest absolute Gasteiger partial charge is 0.438 e. The van der Waals surface area contributed by atoms with Crippen LogP contribution in [0.3, 0.4) is 0 Å². The number of rotatable bonds is 7. The SMILES string of the molecule is CCCc1ccc(Oc2ccc(CNC(C)C)nn2)cc1. The Hall–Kier alpha value is -1.94. The molecule has 1 N–H and O–H groups in total. The van der Waals surface area contributed by atoms with Gasteiger partial charge in [-0.2, -0.15) is 5.10 Å². The van der Waals surface area contributed by atoms with Gasteiger partial charge in [-0.15, -0.1) is 5.10 Å². The van der Waals surface area contributed by atoms with Gasteiger partial charge in [0.2, 0.25) is 5.88 Å². The number of aryl methyl sites for hydroxylation is 1. The van der Waals surface area contributed by atoms with Crippen molar-refractivity contribution in [2.45, 2.75) is 46.2 Å². The number of ether oxygens (including phenoxy) is 1. The molecular formula is C17H23N3O. The van der Waals surface area contributed by atoms with Gasteiger partial charge in [0.25, 0.3) is 0 Å². The third-order valence-electron chi connectivity index (χ3n) is 3.07. The summed E-state index contributed by atoms with van der Waals surface area (Å²) in [6, 6.07) is 12.3. The van der Waals surface area contributed by atoms with Crippen LogP contribution in [0.25, 0.3) is 0 Å². The van der Waals surface area contributed by atoms with E-state index in [2.05, 4.69) is 48.4 Å². The zero-order chi connectivity index (χ0) is 15.1. The zero-order valence-corrected chi connectivity index (χ0v) is 13.0. The summed E-state index contributed by atoms with van der Waals surface area (Å²) in [5.74, 6) is 1.31. The highest BCUT2D eigenvalue weighted by molar-refractivity contribution is 5.30. The van der Waals surface area contributed by atoms with Gasteiger partial charge >= 0.3 is 0 Å². The molecule has 1 aromatic heterocycles. The maximum Gasteiger partial charge on any atom is 0.238 e. The molecule has 1 heterocycles. The number of hydrogen-bond donors (Lipinski definition) is 1. The smallest absolute Gasteiger partial charge is 0.238 e. The molecular weight excluding hydrogens is 262 g/mol. The summed E-state index contributed by atoms with van der Waals surface area (Å²) in [7, 11) is 0. The second-order valence-corrected chi connectivity index (χ2v) is 5.39. The molecule has 0 amide bonds. The molecule has 0 radical (unpaired) electrons. The van der Waals surface area contributed by atoms with Gasteiger partial charge in [-0.1, -0.05) is 39.3 Å². The normalized spacial score (nSPS) is 10.9. The second kappa shape index (κ2) is 7.74. The fourth-order valence-electron chi connectivity index (χ4n) is 1.94. The predicted octanol–water partition coefficient (Wildman–Crippen LogP) is 3.72. The summed E-state index contributed by atoms with van der Waals surface area (Å²) in [5.41, 5.74) is 2.24. The van der Waals surface area contributed by atoms with Crippen molar-refractivity contribution in [3.05, 3.63) is 47.7 Å². The topological polar surface area (TPSA) is 47.0 Å². The van der Waals surface area contributed by atoms with Crippen molar-refractivity contribution >= 4 is 0 Å². The van der Waals surface area contributed by atoms with Crippen LogP contribution in [0.1, 0.15) is 38.4 Å². The first kappa shape index (κ1) is 15.4. The van der Waals surface area contributed by atoms with Crippen LogP contribution >= 0.6 is 0 Å². The number of nitrogens with zero attached hydrogens (tertiary/aromatic N) is 2. The first-order chi connectivity index (χ1) is 10.2. The molecule has 0 fully saturated rings. The molecule has 0 saturated carbocycles. The lowest BCUT2D eigenvalue weighted by Crippen LogP contribution is -2.22. The Morgan fingerprint density at radius 1 is 1.05 bits per heavy atom. The van der Waals surface area contributed by atoms with Gasteiger partial charge in [-0.3, -0.25) is 0 Å². The van der Waals surface area contributed by atoms with E-state index in [1.807, 2.05) is 24.3 Å². The van der Waals surface area contributed by atoms with Gasteiger partial charge in [0.15, 0.2) is 0 Å². The summed E-state index contributed by atoms with van der Waals surface area (Å²) in [5, 5.41) is 11.6. The monoisotopic (exact) mass is 285 g/mol. The van der Waals surface area contributed by atoms with Crippen molar-refractivity contribution in [1.82, 2.24) is 15.5 Å². The molecule has 0 aliphatic heterocycles. The number of aromatic nitrogens is 2. The van der Waals surface area contributed by atoms with E-state index in [-0.39, 0.29) is 0 Å². The Bertz CT molecular complexity index is 535. The summed E-state index contributed by atoms with van der Waals surface area (Å²) in [6.45, 7) is 7.10. The lowest BCUT2D eigenvalue weighted by molar-refractivity contribution is 0.452. The Morgan fingerprint density at radius 3 is 2.38 bits per heavy atom. The van der Waals surface area contributed by atoms with E-state index in [9.17, 15) is 0 Å². The van der Waals surface area contributed by atoms with Crippen molar-refractivity contribution < 1.29 is 4.74 Å². The van der Waals surface area contributed by atoms with E-state index in [1.165, 1.54) is 5.56 Å². The molecule has 1 aromatic carbocycles. The minimum absolute atomic E-state index is 0.435. The molecule has 112 valence electrons. The van der Waals surface area contributed by atoms with Crippen LogP contribution in [0.15, 0.2) is 36.4 Å². The lowest BCUT2D eigenvalue weighted by atomic mass is 10.1. The number of hydrogen-bond acceptors (Lipinski definition) is 4. The van der Waals surface area contributed by atoms with Crippen LogP contribution in [0.4, 0.5) is 0 Å². The molecule has 0 saturated heterocycles. The number of nitrogens with one attached hydrogen (secondary N) is 1. The van der Waals surface area contributed by atoms with Crippen LogP contribution in [0, 0.1) is 0 Å². The highest BCUT2D eigenvalue weighted by Gasteiger charge is 2.02. The molecule has 4 nitrogen and oxygen atoms in total. The first-order valence-electron chi connectivity index (χ1n) is 7.50. The molecule has 0 aliphatic carbocycles. The van der Waals surface area contributed by atoms with E-state index < -0.39 is 0 Å². The molecule has 0 bridgehead atoms. The Balaban J connectivity index is 1.93. The quantitative estimate of drug-likeness (QED) is 0.842. The van der Waals surface area contributed by atoms with Gasteiger partial charge in [0, 0.05) is 18.7 Å². The second-order valence-electron chi connectivity index (χ2n) is 5.39. The standard InChI is InChI=1S/C17H23N3O/c1-4-5-14-6-9-16(10-7-14)21-17-11-8-15(19-20-17)12-18-13(2)3/h6-11,13,18H,4-5,12H2,1-3H3. The van der Waals surface area contributed by atoms with Crippen molar-refractivity contribution in [3.8, 4) is 11.6 Å². The molecule has 0 unspecified atom stereocenters. The Morgan fingerprint density at radius 2 is 1.81 bits per heavy atom. The lowest BCUT2D eigenvalue weighted by Gasteiger charge is -2.08. The number of benzene rings is 1. The van der Waals surface area contributed by atoms with Crippen LogP contribution in [0.2, 0.25) is 0 Å². The van der Waals surface area contributed by atoms with Crippen LogP contribution in [0.5, 0.6) is 11.6 Å². The van der Waals surface area contributed by atoms with Crippen LogP contribution < -0.4 is 10.1 Å². The molecule has 2 aromatic rings. The maximum atomic E-state index is 5.70. The third-order valence-corrected chi connectivity index (χ3v) is 3.07. The molecule has 2 rings (SSSR count). The molecule has 21 heavy (non-hydrogen) atoms. The molecule has 4 heteroatoms. The van der Waals surface area contributed by atoms with E-state index in [1.54, 1.807) is 0 Å². The van der Waals surface area contributed by atoms with Crippen molar-refractivity contribution in [3.63, 3.8) is 0 Å². The van der Waals surface area contributed by atoms with E-state index in [0.29, 0.717) is 11.9 Å². The minimum Gasteiger partial charge on any atom is -0.438 e. The molecule has 0 atom stereocenters. The van der Waals surface area contributed by atoms with Crippen molar-refractivity contribution in [1.29, 1.82) is 0 Å². The van der Waals surface area contributed by atoms with Crippen LogP contribution in [-0.2, 0) is 13.0 Å².